The van der Waals surface area contributed by atoms with E-state index in [0.717, 1.165) is 33.9 Å². The maximum Gasteiger partial charge on any atom is 0.200 e. The predicted molar refractivity (Wildman–Crippen MR) is 89.4 cm³/mol. The van der Waals surface area contributed by atoms with Gasteiger partial charge in [-0.25, -0.2) is 4.98 Å². The third kappa shape index (κ3) is 2.26. The fourth-order valence-electron chi connectivity index (χ4n) is 2.78. The highest BCUT2D eigenvalue weighted by molar-refractivity contribution is 5.72. The van der Waals surface area contributed by atoms with Gasteiger partial charge in [-0.2, -0.15) is 5.10 Å². The molecule has 0 N–H and O–H groups in total. The summed E-state index contributed by atoms with van der Waals surface area (Å²) in [7, 11) is 3.58. The lowest BCUT2D eigenvalue weighted by molar-refractivity contribution is 0.393. The van der Waals surface area contributed by atoms with Crippen molar-refractivity contribution in [2.45, 2.75) is 0 Å². The van der Waals surface area contributed by atoms with E-state index in [1.54, 1.807) is 11.8 Å². The van der Waals surface area contributed by atoms with Crippen LogP contribution in [-0.4, -0.2) is 26.3 Å². The molecule has 0 saturated heterocycles. The molecule has 1 aromatic carbocycles. The Hall–Kier alpha value is -3.08. The smallest absolute Gasteiger partial charge is 0.200 e. The molecule has 3 aromatic heterocycles. The molecular formula is C18H16N4O. The summed E-state index contributed by atoms with van der Waals surface area (Å²) in [5.41, 5.74) is 5.04. The van der Waals surface area contributed by atoms with E-state index in [9.17, 15) is 0 Å². The fraction of sp³-hybridized carbons (Fsp3) is 0.111. The zero-order chi connectivity index (χ0) is 15.8. The second kappa shape index (κ2) is 5.28. The normalized spacial score (nSPS) is 11.0. The highest BCUT2D eigenvalue weighted by Gasteiger charge is 2.13. The van der Waals surface area contributed by atoms with Crippen LogP contribution in [0.1, 0.15) is 0 Å². The average Bonchev–Trinajstić information content (AvgIpc) is 3.20. The second-order valence-electron chi connectivity index (χ2n) is 5.39. The monoisotopic (exact) mass is 304 g/mol. The lowest BCUT2D eigenvalue weighted by Gasteiger charge is -2.10. The van der Waals surface area contributed by atoms with Crippen LogP contribution in [-0.2, 0) is 7.05 Å². The Kier molecular flexibility index (Phi) is 3.12. The molecule has 0 spiro atoms. The van der Waals surface area contributed by atoms with Crippen LogP contribution in [0.15, 0.2) is 61.1 Å². The molecular weight excluding hydrogens is 288 g/mol. The number of hydrogen-bond donors (Lipinski definition) is 0. The van der Waals surface area contributed by atoms with Gasteiger partial charge in [-0.15, -0.1) is 0 Å². The van der Waals surface area contributed by atoms with Gasteiger partial charge in [0.05, 0.1) is 25.2 Å². The van der Waals surface area contributed by atoms with Crippen LogP contribution in [0.4, 0.5) is 0 Å². The number of aryl methyl sites for hydroxylation is 1. The topological polar surface area (TPSA) is 44.4 Å². The minimum absolute atomic E-state index is 0.748. The summed E-state index contributed by atoms with van der Waals surface area (Å²) in [4.78, 5) is 4.54. The van der Waals surface area contributed by atoms with Crippen molar-refractivity contribution in [3.05, 3.63) is 61.1 Å². The SMILES string of the molecule is COc1cc(-c2ccccc2)cc2ncc(-c3cnn(C)c3)n12. The number of nitrogens with zero attached hydrogens (tertiary/aromatic N) is 4. The van der Waals surface area contributed by atoms with Crippen molar-refractivity contribution in [3.63, 3.8) is 0 Å². The third-order valence-corrected chi connectivity index (χ3v) is 3.89. The summed E-state index contributed by atoms with van der Waals surface area (Å²) in [6.07, 6.45) is 5.64. The van der Waals surface area contributed by atoms with Crippen LogP contribution in [0.2, 0.25) is 0 Å². The fourth-order valence-corrected chi connectivity index (χ4v) is 2.78. The summed E-state index contributed by atoms with van der Waals surface area (Å²) < 4.78 is 9.39. The molecule has 4 aromatic rings. The van der Waals surface area contributed by atoms with Gasteiger partial charge in [0, 0.05) is 24.9 Å². The molecule has 3 heterocycles. The van der Waals surface area contributed by atoms with E-state index in [1.165, 1.54) is 0 Å². The first kappa shape index (κ1) is 13.6. The molecule has 0 aliphatic heterocycles. The van der Waals surface area contributed by atoms with E-state index in [1.807, 2.05) is 54.3 Å². The molecule has 5 heteroatoms. The number of aromatic nitrogens is 4. The van der Waals surface area contributed by atoms with Crippen molar-refractivity contribution in [2.75, 3.05) is 7.11 Å². The molecule has 0 fully saturated rings. The molecule has 0 bridgehead atoms. The number of benzene rings is 1. The number of rotatable bonds is 3. The van der Waals surface area contributed by atoms with Crippen molar-refractivity contribution in [1.82, 2.24) is 19.2 Å². The van der Waals surface area contributed by atoms with Crippen molar-refractivity contribution in [2.24, 2.45) is 7.05 Å². The average molecular weight is 304 g/mol. The Balaban J connectivity index is 1.94. The van der Waals surface area contributed by atoms with Gasteiger partial charge < -0.3 is 4.74 Å². The predicted octanol–water partition coefficient (Wildman–Crippen LogP) is 3.41. The van der Waals surface area contributed by atoms with Gasteiger partial charge >= 0.3 is 0 Å². The van der Waals surface area contributed by atoms with E-state index >= 15 is 0 Å². The first-order chi connectivity index (χ1) is 11.3. The van der Waals surface area contributed by atoms with Crippen molar-refractivity contribution in [3.8, 4) is 28.3 Å². The Morgan fingerprint density at radius 1 is 0.957 bits per heavy atom. The number of fused-ring (bicyclic) bond motifs is 1. The minimum atomic E-state index is 0.748. The Bertz CT molecular complexity index is 969. The molecule has 23 heavy (non-hydrogen) atoms. The van der Waals surface area contributed by atoms with Crippen LogP contribution in [0, 0.1) is 0 Å². The van der Waals surface area contributed by atoms with Crippen LogP contribution < -0.4 is 4.74 Å². The molecule has 0 aliphatic rings. The molecule has 0 radical (unpaired) electrons. The van der Waals surface area contributed by atoms with Crippen LogP contribution in [0.3, 0.4) is 0 Å². The number of methoxy groups -OCH3 is 1. The molecule has 4 rings (SSSR count). The maximum atomic E-state index is 5.61. The zero-order valence-electron chi connectivity index (χ0n) is 13.0. The first-order valence-electron chi connectivity index (χ1n) is 7.36. The van der Waals surface area contributed by atoms with Gasteiger partial charge in [0.1, 0.15) is 5.65 Å². The number of hydrogen-bond acceptors (Lipinski definition) is 3. The van der Waals surface area contributed by atoms with E-state index in [4.69, 9.17) is 4.74 Å². The standard InChI is InChI=1S/C18H16N4O/c1-21-12-15(10-20-21)16-11-19-17-8-14(9-18(23-2)22(16)17)13-6-4-3-5-7-13/h3-12H,1-2H3. The third-order valence-electron chi connectivity index (χ3n) is 3.89. The van der Waals surface area contributed by atoms with Gasteiger partial charge in [-0.1, -0.05) is 30.3 Å². The summed E-state index contributed by atoms with van der Waals surface area (Å²) in [5.74, 6) is 0.748. The molecule has 0 aliphatic carbocycles. The van der Waals surface area contributed by atoms with E-state index in [2.05, 4.69) is 28.3 Å². The Morgan fingerprint density at radius 3 is 2.48 bits per heavy atom. The highest BCUT2D eigenvalue weighted by Crippen LogP contribution is 2.30. The van der Waals surface area contributed by atoms with E-state index < -0.39 is 0 Å². The van der Waals surface area contributed by atoms with Crippen molar-refractivity contribution >= 4 is 5.65 Å². The molecule has 114 valence electrons. The second-order valence-corrected chi connectivity index (χ2v) is 5.39. The lowest BCUT2D eigenvalue weighted by Crippen LogP contribution is -1.96. The summed E-state index contributed by atoms with van der Waals surface area (Å²) in [6.45, 7) is 0. The van der Waals surface area contributed by atoms with Crippen LogP contribution in [0.5, 0.6) is 5.88 Å². The maximum absolute atomic E-state index is 5.61. The largest absolute Gasteiger partial charge is 0.482 e. The zero-order valence-corrected chi connectivity index (χ0v) is 13.0. The van der Waals surface area contributed by atoms with Gasteiger partial charge in [0.15, 0.2) is 5.88 Å². The molecule has 0 saturated carbocycles. The summed E-state index contributed by atoms with van der Waals surface area (Å²) >= 11 is 0. The molecule has 5 nitrogen and oxygen atoms in total. The summed E-state index contributed by atoms with van der Waals surface area (Å²) in [5, 5.41) is 4.23. The Morgan fingerprint density at radius 2 is 1.78 bits per heavy atom. The highest BCUT2D eigenvalue weighted by atomic mass is 16.5. The molecule has 0 amide bonds. The van der Waals surface area contributed by atoms with Gasteiger partial charge in [0.2, 0.25) is 0 Å². The quantitative estimate of drug-likeness (QED) is 0.582. The van der Waals surface area contributed by atoms with Gasteiger partial charge in [0.25, 0.3) is 0 Å². The number of imidazole rings is 1. The van der Waals surface area contributed by atoms with Crippen LogP contribution >= 0.6 is 0 Å². The first-order valence-corrected chi connectivity index (χ1v) is 7.36. The summed E-state index contributed by atoms with van der Waals surface area (Å²) in [6, 6.07) is 14.3. The van der Waals surface area contributed by atoms with Gasteiger partial charge in [-0.05, 0) is 17.2 Å². The number of ether oxygens (including phenoxy) is 1. The van der Waals surface area contributed by atoms with Crippen LogP contribution in [0.25, 0.3) is 28.0 Å². The Labute approximate surface area is 133 Å². The van der Waals surface area contributed by atoms with Crippen molar-refractivity contribution in [1.29, 1.82) is 0 Å². The molecule has 0 unspecified atom stereocenters. The van der Waals surface area contributed by atoms with Gasteiger partial charge in [-0.3, -0.25) is 9.08 Å². The van der Waals surface area contributed by atoms with E-state index in [0.29, 0.717) is 0 Å². The minimum Gasteiger partial charge on any atom is -0.482 e. The lowest BCUT2D eigenvalue weighted by atomic mass is 10.1. The van der Waals surface area contributed by atoms with E-state index in [-0.39, 0.29) is 0 Å². The van der Waals surface area contributed by atoms with Crippen molar-refractivity contribution < 1.29 is 4.74 Å². The number of pyridine rings is 1. The molecule has 0 atom stereocenters.